The first-order valence-corrected chi connectivity index (χ1v) is 3.14. The van der Waals surface area contributed by atoms with Crippen molar-refractivity contribution in [1.29, 1.82) is 0 Å². The number of ether oxygens (including phenoxy) is 1. The van der Waals surface area contributed by atoms with E-state index in [9.17, 15) is 0 Å². The van der Waals surface area contributed by atoms with Gasteiger partial charge in [0.05, 0.1) is 12.8 Å². The molecule has 0 aromatic carbocycles. The van der Waals surface area contributed by atoms with Crippen molar-refractivity contribution in [2.45, 2.75) is 0 Å². The number of hydrogen-bond acceptors (Lipinski definition) is 3. The Bertz CT molecular complexity index is 173. The van der Waals surface area contributed by atoms with Crippen molar-refractivity contribution in [2.24, 2.45) is 0 Å². The SMILES string of the molecule is COc1cscc1N. The lowest BCUT2D eigenvalue weighted by Gasteiger charge is -1.92. The molecular formula is C5H7NOS. The van der Waals surface area contributed by atoms with Crippen LogP contribution < -0.4 is 10.5 Å². The molecule has 1 aromatic heterocycles. The third kappa shape index (κ3) is 0.767. The Morgan fingerprint density at radius 2 is 2.38 bits per heavy atom. The highest BCUT2D eigenvalue weighted by Gasteiger charge is 1.94. The topological polar surface area (TPSA) is 35.2 Å². The van der Waals surface area contributed by atoms with Crippen molar-refractivity contribution < 1.29 is 4.74 Å². The number of nitrogen functional groups attached to an aromatic ring is 1. The van der Waals surface area contributed by atoms with Gasteiger partial charge in [-0.1, -0.05) is 0 Å². The first-order valence-electron chi connectivity index (χ1n) is 2.20. The second-order valence-electron chi connectivity index (χ2n) is 1.40. The molecule has 0 saturated heterocycles. The van der Waals surface area contributed by atoms with Gasteiger partial charge in [-0.05, 0) is 0 Å². The Kier molecular flexibility index (Phi) is 1.39. The summed E-state index contributed by atoms with van der Waals surface area (Å²) in [7, 11) is 1.61. The molecule has 0 saturated carbocycles. The van der Waals surface area contributed by atoms with Crippen molar-refractivity contribution in [3.05, 3.63) is 10.8 Å². The molecule has 0 aliphatic carbocycles. The van der Waals surface area contributed by atoms with E-state index in [-0.39, 0.29) is 0 Å². The zero-order valence-corrected chi connectivity index (χ0v) is 5.37. The highest BCUT2D eigenvalue weighted by atomic mass is 32.1. The number of thiophene rings is 1. The van der Waals surface area contributed by atoms with Crippen LogP contribution in [0.1, 0.15) is 0 Å². The molecule has 1 rings (SSSR count). The Hall–Kier alpha value is -0.700. The third-order valence-electron chi connectivity index (χ3n) is 0.875. The van der Waals surface area contributed by atoms with E-state index >= 15 is 0 Å². The Morgan fingerprint density at radius 1 is 1.62 bits per heavy atom. The van der Waals surface area contributed by atoms with E-state index in [0.717, 1.165) is 11.4 Å². The molecule has 0 aliphatic rings. The number of rotatable bonds is 1. The zero-order chi connectivity index (χ0) is 5.98. The average Bonchev–Trinajstić information content (AvgIpc) is 2.14. The second-order valence-corrected chi connectivity index (χ2v) is 2.14. The van der Waals surface area contributed by atoms with Crippen LogP contribution in [-0.4, -0.2) is 7.11 Å². The summed E-state index contributed by atoms with van der Waals surface area (Å²) in [4.78, 5) is 0. The standard InChI is InChI=1S/C5H7NOS/c1-7-5-3-8-2-4(5)6/h2-3H,6H2,1H3. The lowest BCUT2D eigenvalue weighted by Crippen LogP contribution is -1.85. The molecule has 1 aromatic rings. The van der Waals surface area contributed by atoms with Gasteiger partial charge in [0.1, 0.15) is 0 Å². The summed E-state index contributed by atoms with van der Waals surface area (Å²) < 4.78 is 4.87. The van der Waals surface area contributed by atoms with E-state index in [4.69, 9.17) is 10.5 Å². The van der Waals surface area contributed by atoms with Gasteiger partial charge < -0.3 is 10.5 Å². The van der Waals surface area contributed by atoms with Gasteiger partial charge in [-0.15, -0.1) is 11.3 Å². The molecule has 0 bridgehead atoms. The van der Waals surface area contributed by atoms with Crippen LogP contribution in [0.15, 0.2) is 10.8 Å². The van der Waals surface area contributed by atoms with Crippen molar-refractivity contribution in [3.8, 4) is 5.75 Å². The molecule has 0 radical (unpaired) electrons. The molecule has 2 nitrogen and oxygen atoms in total. The maximum atomic E-state index is 5.44. The molecule has 44 valence electrons. The molecule has 0 spiro atoms. The number of nitrogens with two attached hydrogens (primary N) is 1. The first kappa shape index (κ1) is 5.44. The normalized spacial score (nSPS) is 9.12. The van der Waals surface area contributed by atoms with Crippen LogP contribution in [-0.2, 0) is 0 Å². The van der Waals surface area contributed by atoms with E-state index in [0.29, 0.717) is 0 Å². The minimum absolute atomic E-state index is 0.720. The van der Waals surface area contributed by atoms with Crippen molar-refractivity contribution in [2.75, 3.05) is 12.8 Å². The molecule has 8 heavy (non-hydrogen) atoms. The molecule has 3 heteroatoms. The molecular weight excluding hydrogens is 122 g/mol. The largest absolute Gasteiger partial charge is 0.494 e. The van der Waals surface area contributed by atoms with E-state index in [2.05, 4.69) is 0 Å². The maximum absolute atomic E-state index is 5.44. The van der Waals surface area contributed by atoms with Gasteiger partial charge in [-0.3, -0.25) is 0 Å². The van der Waals surface area contributed by atoms with Crippen molar-refractivity contribution in [3.63, 3.8) is 0 Å². The first-order chi connectivity index (χ1) is 3.84. The third-order valence-corrected chi connectivity index (χ3v) is 1.61. The molecule has 0 aliphatic heterocycles. The van der Waals surface area contributed by atoms with E-state index in [1.54, 1.807) is 18.4 Å². The molecule has 0 fully saturated rings. The highest BCUT2D eigenvalue weighted by molar-refractivity contribution is 7.08. The molecule has 0 atom stereocenters. The predicted octanol–water partition coefficient (Wildman–Crippen LogP) is 1.34. The van der Waals surface area contributed by atoms with Crippen LogP contribution in [0.3, 0.4) is 0 Å². The van der Waals surface area contributed by atoms with Gasteiger partial charge in [0.2, 0.25) is 0 Å². The number of hydrogen-bond donors (Lipinski definition) is 1. The van der Waals surface area contributed by atoms with Crippen LogP contribution in [0.5, 0.6) is 5.75 Å². The summed E-state index contributed by atoms with van der Waals surface area (Å²) in [5.74, 6) is 0.773. The second kappa shape index (κ2) is 2.05. The molecule has 0 unspecified atom stereocenters. The number of methoxy groups -OCH3 is 1. The smallest absolute Gasteiger partial charge is 0.152 e. The summed E-state index contributed by atoms with van der Waals surface area (Å²) in [5.41, 5.74) is 6.16. The minimum Gasteiger partial charge on any atom is -0.494 e. The quantitative estimate of drug-likeness (QED) is 0.621. The highest BCUT2D eigenvalue weighted by Crippen LogP contribution is 2.24. The van der Waals surface area contributed by atoms with E-state index in [1.165, 1.54) is 0 Å². The summed E-state index contributed by atoms with van der Waals surface area (Å²) in [6.07, 6.45) is 0. The average molecular weight is 129 g/mol. The molecule has 2 N–H and O–H groups in total. The van der Waals surface area contributed by atoms with E-state index < -0.39 is 0 Å². The summed E-state index contributed by atoms with van der Waals surface area (Å²) in [6, 6.07) is 0. The van der Waals surface area contributed by atoms with Crippen LogP contribution in [0.25, 0.3) is 0 Å². The van der Waals surface area contributed by atoms with Gasteiger partial charge in [0.25, 0.3) is 0 Å². The number of anilines is 1. The van der Waals surface area contributed by atoms with Gasteiger partial charge in [-0.25, -0.2) is 0 Å². The Balaban J connectivity index is 2.92. The van der Waals surface area contributed by atoms with Crippen LogP contribution in [0.4, 0.5) is 5.69 Å². The Labute approximate surface area is 51.9 Å². The van der Waals surface area contributed by atoms with Gasteiger partial charge >= 0.3 is 0 Å². The van der Waals surface area contributed by atoms with Crippen molar-refractivity contribution >= 4 is 17.0 Å². The predicted molar refractivity (Wildman–Crippen MR) is 35.3 cm³/mol. The summed E-state index contributed by atoms with van der Waals surface area (Å²) in [5, 5.41) is 3.72. The summed E-state index contributed by atoms with van der Waals surface area (Å²) >= 11 is 1.54. The fourth-order valence-corrected chi connectivity index (χ4v) is 1.15. The lowest BCUT2D eigenvalue weighted by atomic mass is 10.5. The van der Waals surface area contributed by atoms with Crippen LogP contribution in [0, 0.1) is 0 Å². The minimum atomic E-state index is 0.720. The lowest BCUT2D eigenvalue weighted by molar-refractivity contribution is 0.419. The monoisotopic (exact) mass is 129 g/mol. The van der Waals surface area contributed by atoms with Crippen LogP contribution in [0.2, 0.25) is 0 Å². The van der Waals surface area contributed by atoms with Gasteiger partial charge in [0.15, 0.2) is 5.75 Å². The fraction of sp³-hybridized carbons (Fsp3) is 0.200. The Morgan fingerprint density at radius 3 is 2.62 bits per heavy atom. The van der Waals surface area contributed by atoms with Crippen molar-refractivity contribution in [1.82, 2.24) is 0 Å². The van der Waals surface area contributed by atoms with Crippen LogP contribution >= 0.6 is 11.3 Å². The fourth-order valence-electron chi connectivity index (χ4n) is 0.461. The van der Waals surface area contributed by atoms with Gasteiger partial charge in [-0.2, -0.15) is 0 Å². The zero-order valence-electron chi connectivity index (χ0n) is 4.55. The molecule has 0 amide bonds. The van der Waals surface area contributed by atoms with E-state index in [1.807, 2.05) is 10.8 Å². The summed E-state index contributed by atoms with van der Waals surface area (Å²) in [6.45, 7) is 0. The molecule has 1 heterocycles. The maximum Gasteiger partial charge on any atom is 0.152 e. The van der Waals surface area contributed by atoms with Gasteiger partial charge in [0, 0.05) is 10.8 Å².